The summed E-state index contributed by atoms with van der Waals surface area (Å²) in [5.41, 5.74) is 1.18. The van der Waals surface area contributed by atoms with E-state index in [-0.39, 0.29) is 12.0 Å². The topological polar surface area (TPSA) is 65.1 Å². The molecule has 1 N–H and O–H groups in total. The molecule has 2 rings (SSSR count). The Morgan fingerprint density at radius 2 is 1.90 bits per heavy atom. The van der Waals surface area contributed by atoms with Gasteiger partial charge < -0.3 is 19.9 Å². The molecule has 1 saturated heterocycles. The molecule has 0 bridgehead atoms. The number of para-hydroxylation sites is 1. The molecule has 0 saturated carbocycles. The molecule has 0 spiro atoms. The lowest BCUT2D eigenvalue weighted by Gasteiger charge is -2.22. The van der Waals surface area contributed by atoms with Crippen molar-refractivity contribution in [1.29, 1.82) is 0 Å². The number of carbonyl (C=O) groups excluding carboxylic acids is 2. The second kappa shape index (κ2) is 12.3. The smallest absolute Gasteiger partial charge is 0.409 e. The van der Waals surface area contributed by atoms with Crippen molar-refractivity contribution in [3.63, 3.8) is 0 Å². The molecule has 162 valence electrons. The number of nitrogens with zero attached hydrogens (tertiary/aromatic N) is 3. The van der Waals surface area contributed by atoms with Crippen molar-refractivity contribution in [3.05, 3.63) is 30.3 Å². The molecule has 7 heteroatoms. The number of hydrogen-bond donors (Lipinski definition) is 1. The highest BCUT2D eigenvalue weighted by atomic mass is 16.6. The van der Waals surface area contributed by atoms with Gasteiger partial charge in [-0.3, -0.25) is 9.69 Å². The third-order valence-corrected chi connectivity index (χ3v) is 4.94. The summed E-state index contributed by atoms with van der Waals surface area (Å²) in [5.74, 6) is 0.377. The summed E-state index contributed by atoms with van der Waals surface area (Å²) in [6, 6.07) is 10.2. The molecule has 1 aromatic rings. The lowest BCUT2D eigenvalue weighted by atomic mass is 10.2. The van der Waals surface area contributed by atoms with Gasteiger partial charge in [0.2, 0.25) is 5.91 Å². The molecule has 1 aliphatic rings. The highest BCUT2D eigenvalue weighted by Gasteiger charge is 2.21. The summed E-state index contributed by atoms with van der Waals surface area (Å²) < 4.78 is 5.32. The van der Waals surface area contributed by atoms with Gasteiger partial charge in [0.05, 0.1) is 13.2 Å². The lowest BCUT2D eigenvalue weighted by Crippen LogP contribution is -2.40. The van der Waals surface area contributed by atoms with Crippen LogP contribution in [0.1, 0.15) is 26.7 Å². The van der Waals surface area contributed by atoms with E-state index >= 15 is 0 Å². The number of anilines is 1. The Hall–Kier alpha value is -2.28. The highest BCUT2D eigenvalue weighted by Crippen LogP contribution is 2.10. The maximum atomic E-state index is 12.3. The first-order chi connectivity index (χ1) is 14.0. The van der Waals surface area contributed by atoms with Crippen LogP contribution in [0.5, 0.6) is 0 Å². The zero-order chi connectivity index (χ0) is 21.1. The number of amides is 2. The van der Waals surface area contributed by atoms with Gasteiger partial charge in [-0.15, -0.1) is 0 Å². The zero-order valence-corrected chi connectivity index (χ0v) is 18.1. The molecular formula is C22H36N4O3. The molecule has 0 unspecified atom stereocenters. The number of ether oxygens (including phenoxy) is 1. The van der Waals surface area contributed by atoms with Gasteiger partial charge >= 0.3 is 6.09 Å². The van der Waals surface area contributed by atoms with Gasteiger partial charge in [0.15, 0.2) is 0 Å². The van der Waals surface area contributed by atoms with Gasteiger partial charge in [0.1, 0.15) is 0 Å². The van der Waals surface area contributed by atoms with E-state index in [1.54, 1.807) is 4.90 Å². The second-order valence-electron chi connectivity index (χ2n) is 8.05. The van der Waals surface area contributed by atoms with Crippen molar-refractivity contribution >= 4 is 17.7 Å². The fraction of sp³-hybridized carbons (Fsp3) is 0.636. The van der Waals surface area contributed by atoms with Crippen molar-refractivity contribution in [2.75, 3.05) is 64.4 Å². The maximum Gasteiger partial charge on any atom is 0.409 e. The van der Waals surface area contributed by atoms with E-state index in [1.165, 1.54) is 5.69 Å². The Morgan fingerprint density at radius 3 is 2.62 bits per heavy atom. The second-order valence-corrected chi connectivity index (χ2v) is 8.05. The van der Waals surface area contributed by atoms with Gasteiger partial charge in [-0.1, -0.05) is 32.0 Å². The van der Waals surface area contributed by atoms with Crippen LogP contribution in [-0.4, -0.2) is 81.3 Å². The van der Waals surface area contributed by atoms with Crippen molar-refractivity contribution in [2.24, 2.45) is 5.92 Å². The average Bonchev–Trinajstić information content (AvgIpc) is 2.95. The number of hydrogen-bond acceptors (Lipinski definition) is 5. The zero-order valence-electron chi connectivity index (χ0n) is 18.1. The molecule has 2 amide bonds. The van der Waals surface area contributed by atoms with E-state index in [1.807, 2.05) is 32.0 Å². The summed E-state index contributed by atoms with van der Waals surface area (Å²) >= 11 is 0. The molecule has 1 aromatic carbocycles. The van der Waals surface area contributed by atoms with Crippen molar-refractivity contribution in [2.45, 2.75) is 26.7 Å². The summed E-state index contributed by atoms with van der Waals surface area (Å²) in [6.45, 7) is 9.22. The van der Waals surface area contributed by atoms with E-state index < -0.39 is 0 Å². The minimum absolute atomic E-state index is 0.0446. The molecule has 0 aromatic heterocycles. The maximum absolute atomic E-state index is 12.3. The molecule has 0 atom stereocenters. The largest absolute Gasteiger partial charge is 0.449 e. The molecule has 7 nitrogen and oxygen atoms in total. The van der Waals surface area contributed by atoms with E-state index in [0.29, 0.717) is 45.2 Å². The first kappa shape index (κ1) is 23.0. The van der Waals surface area contributed by atoms with E-state index in [4.69, 9.17) is 4.74 Å². The third kappa shape index (κ3) is 8.73. The Bertz CT molecular complexity index is 624. The van der Waals surface area contributed by atoms with Crippen LogP contribution in [0.3, 0.4) is 0 Å². The Balaban J connectivity index is 1.62. The first-order valence-corrected chi connectivity index (χ1v) is 10.6. The van der Waals surface area contributed by atoms with Crippen molar-refractivity contribution in [1.82, 2.24) is 15.1 Å². The summed E-state index contributed by atoms with van der Waals surface area (Å²) in [7, 11) is 2.06. The Labute approximate surface area is 175 Å². The predicted octanol–water partition coefficient (Wildman–Crippen LogP) is 2.43. The molecule has 1 aliphatic heterocycles. The monoisotopic (exact) mass is 404 g/mol. The number of carbonyl (C=O) groups is 2. The van der Waals surface area contributed by atoms with Gasteiger partial charge in [-0.25, -0.2) is 4.79 Å². The summed E-state index contributed by atoms with van der Waals surface area (Å²) in [4.78, 5) is 30.4. The van der Waals surface area contributed by atoms with Gasteiger partial charge in [0.25, 0.3) is 0 Å². The van der Waals surface area contributed by atoms with Gasteiger partial charge in [-0.2, -0.15) is 0 Å². The van der Waals surface area contributed by atoms with Crippen molar-refractivity contribution in [3.8, 4) is 0 Å². The fourth-order valence-corrected chi connectivity index (χ4v) is 3.26. The van der Waals surface area contributed by atoms with Crippen LogP contribution in [0.4, 0.5) is 10.5 Å². The van der Waals surface area contributed by atoms with Crippen LogP contribution >= 0.6 is 0 Å². The van der Waals surface area contributed by atoms with Gasteiger partial charge in [0, 0.05) is 52.0 Å². The van der Waals surface area contributed by atoms with Gasteiger partial charge in [-0.05, 0) is 30.9 Å². The normalized spacial score (nSPS) is 15.1. The number of rotatable bonds is 9. The average molecular weight is 405 g/mol. The molecule has 1 fully saturated rings. The molecule has 29 heavy (non-hydrogen) atoms. The minimum Gasteiger partial charge on any atom is -0.449 e. The number of nitrogens with one attached hydrogen (secondary N) is 1. The van der Waals surface area contributed by atoms with E-state index in [9.17, 15) is 9.59 Å². The standard InChI is InChI=1S/C22H36N4O3/c1-19(2)18-29-22(28)26-14-8-13-25(15-16-26)17-21(27)23-11-7-12-24(3)20-9-5-4-6-10-20/h4-6,9-10,19H,7-8,11-18H2,1-3H3,(H,23,27). The number of benzene rings is 1. The predicted molar refractivity (Wildman–Crippen MR) is 116 cm³/mol. The minimum atomic E-state index is -0.243. The SMILES string of the molecule is CC(C)COC(=O)N1CCCN(CC(=O)NCCCN(C)c2ccccc2)CC1. The summed E-state index contributed by atoms with van der Waals surface area (Å²) in [5, 5.41) is 3.01. The van der Waals surface area contributed by atoms with Crippen molar-refractivity contribution < 1.29 is 14.3 Å². The fourth-order valence-electron chi connectivity index (χ4n) is 3.26. The van der Waals surface area contributed by atoms with Crippen LogP contribution in [0.25, 0.3) is 0 Å². The Morgan fingerprint density at radius 1 is 1.14 bits per heavy atom. The molecule has 1 heterocycles. The van der Waals surface area contributed by atoms with Crippen LogP contribution < -0.4 is 10.2 Å². The molecule has 0 aliphatic carbocycles. The van der Waals surface area contributed by atoms with Crippen LogP contribution in [-0.2, 0) is 9.53 Å². The quantitative estimate of drug-likeness (QED) is 0.641. The molecular weight excluding hydrogens is 368 g/mol. The van der Waals surface area contributed by atoms with E-state index in [0.717, 1.165) is 25.9 Å². The summed E-state index contributed by atoms with van der Waals surface area (Å²) in [6.07, 6.45) is 1.51. The van der Waals surface area contributed by atoms with Crippen LogP contribution in [0, 0.1) is 5.92 Å². The Kier molecular flexibility index (Phi) is 9.77. The first-order valence-electron chi connectivity index (χ1n) is 10.6. The van der Waals surface area contributed by atoms with Crippen LogP contribution in [0.2, 0.25) is 0 Å². The lowest BCUT2D eigenvalue weighted by molar-refractivity contribution is -0.122. The van der Waals surface area contributed by atoms with E-state index in [2.05, 4.69) is 34.3 Å². The molecule has 0 radical (unpaired) electrons. The highest BCUT2D eigenvalue weighted by molar-refractivity contribution is 5.78. The third-order valence-electron chi connectivity index (χ3n) is 4.94. The van der Waals surface area contributed by atoms with Crippen LogP contribution in [0.15, 0.2) is 30.3 Å².